The van der Waals surface area contributed by atoms with Crippen LogP contribution in [0.2, 0.25) is 0 Å². The molecule has 1 atom stereocenters. The molecule has 1 amide bonds. The molecule has 0 spiro atoms. The molecule has 2 aliphatic rings. The third-order valence-electron chi connectivity index (χ3n) is 6.09. The Labute approximate surface area is 158 Å². The van der Waals surface area contributed by atoms with E-state index in [4.69, 9.17) is 0 Å². The lowest BCUT2D eigenvalue weighted by molar-refractivity contribution is -0.134. The average Bonchev–Trinajstić information content (AvgIpc) is 2.97. The van der Waals surface area contributed by atoms with Gasteiger partial charge in [-0.25, -0.2) is 0 Å². The fraction of sp³-hybridized carbons (Fsp3) is 0.727. The van der Waals surface area contributed by atoms with Crippen molar-refractivity contribution in [1.82, 2.24) is 15.2 Å². The highest BCUT2D eigenvalue weighted by atomic mass is 16.2. The van der Waals surface area contributed by atoms with Crippen molar-refractivity contribution in [1.29, 1.82) is 0 Å². The van der Waals surface area contributed by atoms with E-state index in [1.54, 1.807) is 0 Å². The number of carbonyl (C=O) groups is 1. The molecule has 144 valence electrons. The van der Waals surface area contributed by atoms with Crippen LogP contribution >= 0.6 is 0 Å². The number of carbonyl (C=O) groups excluding carboxylic acids is 1. The Balaban J connectivity index is 1.56. The van der Waals surface area contributed by atoms with Gasteiger partial charge in [-0.05, 0) is 63.2 Å². The van der Waals surface area contributed by atoms with E-state index in [0.717, 1.165) is 50.4 Å². The van der Waals surface area contributed by atoms with Gasteiger partial charge in [0.25, 0.3) is 0 Å². The summed E-state index contributed by atoms with van der Waals surface area (Å²) in [5, 5.41) is 3.47. The summed E-state index contributed by atoms with van der Waals surface area (Å²) in [7, 11) is 0. The van der Waals surface area contributed by atoms with Crippen LogP contribution in [0.4, 0.5) is 0 Å². The molecule has 1 saturated heterocycles. The Hall–Kier alpha value is -1.42. The first kappa shape index (κ1) is 19.3. The van der Waals surface area contributed by atoms with Crippen LogP contribution in [0.1, 0.15) is 76.3 Å². The van der Waals surface area contributed by atoms with Crippen LogP contribution in [0.25, 0.3) is 0 Å². The Kier molecular flexibility index (Phi) is 7.93. The topological polar surface area (TPSA) is 45.2 Å². The second-order valence-corrected chi connectivity index (χ2v) is 8.07. The zero-order valence-corrected chi connectivity index (χ0v) is 16.2. The summed E-state index contributed by atoms with van der Waals surface area (Å²) in [4.78, 5) is 19.7. The second-order valence-electron chi connectivity index (χ2n) is 8.07. The van der Waals surface area contributed by atoms with Gasteiger partial charge in [-0.2, -0.15) is 0 Å². The summed E-state index contributed by atoms with van der Waals surface area (Å²) in [6, 6.07) is 6.35. The molecule has 1 N–H and O–H groups in total. The zero-order chi connectivity index (χ0) is 18.0. The van der Waals surface area contributed by atoms with Crippen molar-refractivity contribution in [3.63, 3.8) is 0 Å². The molecule has 4 nitrogen and oxygen atoms in total. The van der Waals surface area contributed by atoms with Crippen LogP contribution in [0, 0.1) is 5.92 Å². The van der Waals surface area contributed by atoms with Gasteiger partial charge in [-0.1, -0.05) is 38.2 Å². The van der Waals surface area contributed by atoms with Crippen LogP contribution < -0.4 is 5.32 Å². The highest BCUT2D eigenvalue weighted by molar-refractivity contribution is 5.76. The number of hydrogen-bond acceptors (Lipinski definition) is 3. The van der Waals surface area contributed by atoms with Crippen molar-refractivity contribution in [3.8, 4) is 0 Å². The van der Waals surface area contributed by atoms with E-state index in [1.165, 1.54) is 38.5 Å². The number of pyridine rings is 1. The summed E-state index contributed by atoms with van der Waals surface area (Å²) in [6.45, 7) is 2.75. The van der Waals surface area contributed by atoms with E-state index in [2.05, 4.69) is 15.2 Å². The lowest BCUT2D eigenvalue weighted by Gasteiger charge is -2.31. The van der Waals surface area contributed by atoms with Gasteiger partial charge in [-0.15, -0.1) is 0 Å². The first-order valence-electron chi connectivity index (χ1n) is 10.7. The van der Waals surface area contributed by atoms with E-state index in [1.807, 2.05) is 24.4 Å². The van der Waals surface area contributed by atoms with Crippen LogP contribution in [-0.2, 0) is 11.3 Å². The Morgan fingerprint density at radius 3 is 2.77 bits per heavy atom. The van der Waals surface area contributed by atoms with Gasteiger partial charge in [0, 0.05) is 18.7 Å². The fourth-order valence-corrected chi connectivity index (χ4v) is 4.56. The normalized spacial score (nSPS) is 21.9. The predicted molar refractivity (Wildman–Crippen MR) is 106 cm³/mol. The van der Waals surface area contributed by atoms with Crippen LogP contribution in [0.5, 0.6) is 0 Å². The van der Waals surface area contributed by atoms with E-state index in [-0.39, 0.29) is 0 Å². The molecule has 0 bridgehead atoms. The SMILES string of the molecule is O=C(CCCC1CCCCC1)N(Cc1ccccn1)C1CCCNCC1. The van der Waals surface area contributed by atoms with Crippen molar-refractivity contribution >= 4 is 5.91 Å². The standard InChI is InChI=1S/C22H35N3O/c26-22(13-6-10-19-8-2-1-3-9-19)25(18-20-11-4-5-16-24-20)21-12-7-15-23-17-14-21/h4-5,11,16,19,21,23H,1-3,6-10,12-15,17-18H2. The minimum absolute atomic E-state index is 0.332. The van der Waals surface area contributed by atoms with Gasteiger partial charge in [0.1, 0.15) is 0 Å². The summed E-state index contributed by atoms with van der Waals surface area (Å²) < 4.78 is 0. The van der Waals surface area contributed by atoms with Crippen molar-refractivity contribution in [3.05, 3.63) is 30.1 Å². The quantitative estimate of drug-likeness (QED) is 0.791. The molecule has 0 aromatic carbocycles. The van der Waals surface area contributed by atoms with Crippen LogP contribution in [0.3, 0.4) is 0 Å². The molecule has 0 radical (unpaired) electrons. The Bertz CT molecular complexity index is 519. The largest absolute Gasteiger partial charge is 0.334 e. The van der Waals surface area contributed by atoms with E-state index < -0.39 is 0 Å². The predicted octanol–water partition coefficient (Wildman–Crippen LogP) is 4.30. The van der Waals surface area contributed by atoms with Gasteiger partial charge >= 0.3 is 0 Å². The molecule has 1 aromatic rings. The van der Waals surface area contributed by atoms with E-state index >= 15 is 0 Å². The maximum Gasteiger partial charge on any atom is 0.223 e. The molecule has 1 aliphatic carbocycles. The monoisotopic (exact) mass is 357 g/mol. The number of rotatable bonds is 7. The van der Waals surface area contributed by atoms with E-state index in [0.29, 0.717) is 24.9 Å². The highest BCUT2D eigenvalue weighted by Crippen LogP contribution is 2.28. The van der Waals surface area contributed by atoms with Crippen molar-refractivity contribution in [2.45, 2.75) is 83.2 Å². The summed E-state index contributed by atoms with van der Waals surface area (Å²) in [5.74, 6) is 1.20. The lowest BCUT2D eigenvalue weighted by Crippen LogP contribution is -2.40. The fourth-order valence-electron chi connectivity index (χ4n) is 4.56. The molecule has 1 aromatic heterocycles. The smallest absolute Gasteiger partial charge is 0.223 e. The molecule has 1 saturated carbocycles. The number of nitrogens with one attached hydrogen (secondary N) is 1. The maximum atomic E-state index is 13.1. The molecule has 1 aliphatic heterocycles. The zero-order valence-electron chi connectivity index (χ0n) is 16.2. The highest BCUT2D eigenvalue weighted by Gasteiger charge is 2.25. The van der Waals surface area contributed by atoms with Gasteiger partial charge < -0.3 is 10.2 Å². The van der Waals surface area contributed by atoms with Crippen molar-refractivity contribution in [2.75, 3.05) is 13.1 Å². The van der Waals surface area contributed by atoms with Gasteiger partial charge in [-0.3, -0.25) is 9.78 Å². The Morgan fingerprint density at radius 2 is 1.96 bits per heavy atom. The van der Waals surface area contributed by atoms with Crippen LogP contribution in [0.15, 0.2) is 24.4 Å². The summed E-state index contributed by atoms with van der Waals surface area (Å²) in [6.07, 6.45) is 15.1. The third-order valence-corrected chi connectivity index (χ3v) is 6.09. The van der Waals surface area contributed by atoms with Crippen molar-refractivity contribution in [2.24, 2.45) is 5.92 Å². The van der Waals surface area contributed by atoms with Gasteiger partial charge in [0.15, 0.2) is 0 Å². The lowest BCUT2D eigenvalue weighted by atomic mass is 9.86. The molecular weight excluding hydrogens is 322 g/mol. The number of aromatic nitrogens is 1. The minimum atomic E-state index is 0.332. The molecule has 26 heavy (non-hydrogen) atoms. The first-order chi connectivity index (χ1) is 12.8. The van der Waals surface area contributed by atoms with Crippen LogP contribution in [-0.4, -0.2) is 34.9 Å². The number of amides is 1. The Morgan fingerprint density at radius 1 is 1.08 bits per heavy atom. The van der Waals surface area contributed by atoms with Crippen molar-refractivity contribution < 1.29 is 4.79 Å². The molecule has 2 heterocycles. The number of nitrogens with zero attached hydrogens (tertiary/aromatic N) is 2. The average molecular weight is 358 g/mol. The first-order valence-corrected chi connectivity index (χ1v) is 10.7. The maximum absolute atomic E-state index is 13.1. The molecule has 4 heteroatoms. The molecule has 1 unspecified atom stereocenters. The number of hydrogen-bond donors (Lipinski definition) is 1. The van der Waals surface area contributed by atoms with Gasteiger partial charge in [0.2, 0.25) is 5.91 Å². The van der Waals surface area contributed by atoms with E-state index in [9.17, 15) is 4.79 Å². The third kappa shape index (κ3) is 6.08. The second kappa shape index (κ2) is 10.7. The molecule has 3 rings (SSSR count). The molecule has 2 fully saturated rings. The minimum Gasteiger partial charge on any atom is -0.334 e. The summed E-state index contributed by atoms with van der Waals surface area (Å²) >= 11 is 0. The summed E-state index contributed by atoms with van der Waals surface area (Å²) in [5.41, 5.74) is 1.00. The molecular formula is C22H35N3O. The van der Waals surface area contributed by atoms with Gasteiger partial charge in [0.05, 0.1) is 12.2 Å².